The fourth-order valence-corrected chi connectivity index (χ4v) is 2.27. The Bertz CT molecular complexity index is 373. The third-order valence-corrected chi connectivity index (χ3v) is 3.36. The lowest BCUT2D eigenvalue weighted by Crippen LogP contribution is -2.26. The molecule has 1 aromatic rings. The van der Waals surface area contributed by atoms with Crippen LogP contribution in [-0.4, -0.2) is 19.1 Å². The molecular formula is C16H27FN2. The highest BCUT2D eigenvalue weighted by Gasteiger charge is 2.11. The minimum atomic E-state index is -0.122. The van der Waals surface area contributed by atoms with Crippen molar-refractivity contribution < 1.29 is 4.39 Å². The average molecular weight is 266 g/mol. The number of anilines is 1. The Morgan fingerprint density at radius 2 is 1.79 bits per heavy atom. The summed E-state index contributed by atoms with van der Waals surface area (Å²) >= 11 is 0. The van der Waals surface area contributed by atoms with Gasteiger partial charge >= 0.3 is 0 Å². The maximum absolute atomic E-state index is 14.2. The molecule has 1 unspecified atom stereocenters. The molecule has 0 aromatic heterocycles. The predicted octanol–water partition coefficient (Wildman–Crippen LogP) is 3.73. The van der Waals surface area contributed by atoms with E-state index in [2.05, 4.69) is 25.7 Å². The molecule has 1 atom stereocenters. The summed E-state index contributed by atoms with van der Waals surface area (Å²) in [6.45, 7) is 8.10. The van der Waals surface area contributed by atoms with Crippen molar-refractivity contribution in [3.05, 3.63) is 29.6 Å². The van der Waals surface area contributed by atoms with E-state index in [-0.39, 0.29) is 11.9 Å². The second kappa shape index (κ2) is 8.16. The summed E-state index contributed by atoms with van der Waals surface area (Å²) in [5.74, 6) is -0.122. The van der Waals surface area contributed by atoms with E-state index in [0.717, 1.165) is 50.0 Å². The zero-order chi connectivity index (χ0) is 14.3. The van der Waals surface area contributed by atoms with Crippen LogP contribution in [-0.2, 0) is 6.42 Å². The molecule has 0 saturated heterocycles. The minimum Gasteiger partial charge on any atom is -0.369 e. The SMILES string of the molecule is CCCN(CCC)c1ccc(CC(N)CC)cc1F. The molecule has 0 aliphatic heterocycles. The van der Waals surface area contributed by atoms with Crippen molar-refractivity contribution in [2.75, 3.05) is 18.0 Å². The van der Waals surface area contributed by atoms with Crippen molar-refractivity contribution in [2.24, 2.45) is 5.73 Å². The van der Waals surface area contributed by atoms with E-state index in [1.165, 1.54) is 0 Å². The molecule has 0 fully saturated rings. The first kappa shape index (κ1) is 16.0. The Balaban J connectivity index is 2.85. The van der Waals surface area contributed by atoms with Crippen LogP contribution in [0.3, 0.4) is 0 Å². The average Bonchev–Trinajstić information content (AvgIpc) is 2.38. The van der Waals surface area contributed by atoms with Crippen molar-refractivity contribution in [3.63, 3.8) is 0 Å². The maximum atomic E-state index is 14.2. The lowest BCUT2D eigenvalue weighted by atomic mass is 10.0. The maximum Gasteiger partial charge on any atom is 0.146 e. The third-order valence-electron chi connectivity index (χ3n) is 3.36. The first-order chi connectivity index (χ1) is 9.12. The summed E-state index contributed by atoms with van der Waals surface area (Å²) in [5.41, 5.74) is 7.62. The number of rotatable bonds is 8. The van der Waals surface area contributed by atoms with Gasteiger partial charge in [-0.05, 0) is 43.4 Å². The summed E-state index contributed by atoms with van der Waals surface area (Å²) < 4.78 is 14.2. The van der Waals surface area contributed by atoms with E-state index in [9.17, 15) is 4.39 Å². The highest BCUT2D eigenvalue weighted by Crippen LogP contribution is 2.22. The first-order valence-corrected chi connectivity index (χ1v) is 7.41. The molecule has 19 heavy (non-hydrogen) atoms. The predicted molar refractivity (Wildman–Crippen MR) is 81.2 cm³/mol. The normalized spacial score (nSPS) is 12.5. The number of hydrogen-bond donors (Lipinski definition) is 1. The summed E-state index contributed by atoms with van der Waals surface area (Å²) in [7, 11) is 0. The van der Waals surface area contributed by atoms with E-state index < -0.39 is 0 Å². The summed E-state index contributed by atoms with van der Waals surface area (Å²) in [6.07, 6.45) is 3.72. The molecule has 2 N–H and O–H groups in total. The van der Waals surface area contributed by atoms with Crippen molar-refractivity contribution in [3.8, 4) is 0 Å². The van der Waals surface area contributed by atoms with Crippen LogP contribution in [0.25, 0.3) is 0 Å². The van der Waals surface area contributed by atoms with Gasteiger partial charge in [0.2, 0.25) is 0 Å². The van der Waals surface area contributed by atoms with Crippen LogP contribution >= 0.6 is 0 Å². The number of nitrogens with zero attached hydrogens (tertiary/aromatic N) is 1. The fourth-order valence-electron chi connectivity index (χ4n) is 2.27. The molecule has 0 heterocycles. The Morgan fingerprint density at radius 3 is 2.26 bits per heavy atom. The molecule has 0 bridgehead atoms. The topological polar surface area (TPSA) is 29.3 Å². The van der Waals surface area contributed by atoms with E-state index in [1.54, 1.807) is 6.07 Å². The van der Waals surface area contributed by atoms with Gasteiger partial charge in [-0.3, -0.25) is 0 Å². The second-order valence-electron chi connectivity index (χ2n) is 5.15. The molecule has 2 nitrogen and oxygen atoms in total. The van der Waals surface area contributed by atoms with Crippen molar-refractivity contribution in [1.29, 1.82) is 0 Å². The third kappa shape index (κ3) is 4.83. The van der Waals surface area contributed by atoms with E-state index in [4.69, 9.17) is 5.73 Å². The summed E-state index contributed by atoms with van der Waals surface area (Å²) in [6, 6.07) is 5.67. The van der Waals surface area contributed by atoms with Crippen molar-refractivity contribution in [2.45, 2.75) is 52.5 Å². The monoisotopic (exact) mass is 266 g/mol. The molecule has 0 spiro atoms. The largest absolute Gasteiger partial charge is 0.369 e. The molecule has 108 valence electrons. The zero-order valence-electron chi connectivity index (χ0n) is 12.5. The lowest BCUT2D eigenvalue weighted by Gasteiger charge is -2.24. The van der Waals surface area contributed by atoms with Gasteiger partial charge in [0, 0.05) is 19.1 Å². The molecule has 3 heteroatoms. The van der Waals surface area contributed by atoms with E-state index in [1.807, 2.05) is 12.1 Å². The Hall–Kier alpha value is -1.09. The van der Waals surface area contributed by atoms with Crippen molar-refractivity contribution in [1.82, 2.24) is 0 Å². The molecule has 0 aliphatic rings. The Morgan fingerprint density at radius 1 is 1.16 bits per heavy atom. The molecule has 1 aromatic carbocycles. The smallest absolute Gasteiger partial charge is 0.146 e. The molecule has 0 aliphatic carbocycles. The first-order valence-electron chi connectivity index (χ1n) is 7.41. The molecule has 0 amide bonds. The van der Waals surface area contributed by atoms with Crippen LogP contribution in [0.5, 0.6) is 0 Å². The highest BCUT2D eigenvalue weighted by atomic mass is 19.1. The molecule has 1 rings (SSSR count). The van der Waals surface area contributed by atoms with Crippen LogP contribution < -0.4 is 10.6 Å². The van der Waals surface area contributed by atoms with Crippen LogP contribution in [0.4, 0.5) is 10.1 Å². The van der Waals surface area contributed by atoms with Crippen LogP contribution in [0.2, 0.25) is 0 Å². The second-order valence-corrected chi connectivity index (χ2v) is 5.15. The number of nitrogens with two attached hydrogens (primary N) is 1. The van der Waals surface area contributed by atoms with Gasteiger partial charge in [0.25, 0.3) is 0 Å². The highest BCUT2D eigenvalue weighted by molar-refractivity contribution is 5.49. The zero-order valence-corrected chi connectivity index (χ0v) is 12.5. The number of hydrogen-bond acceptors (Lipinski definition) is 2. The van der Waals surface area contributed by atoms with Gasteiger partial charge in [0.1, 0.15) is 5.82 Å². The lowest BCUT2D eigenvalue weighted by molar-refractivity contribution is 0.604. The van der Waals surface area contributed by atoms with Gasteiger partial charge < -0.3 is 10.6 Å². The van der Waals surface area contributed by atoms with Crippen LogP contribution in [0.1, 0.15) is 45.6 Å². The Kier molecular flexibility index (Phi) is 6.85. The van der Waals surface area contributed by atoms with E-state index in [0.29, 0.717) is 0 Å². The number of halogens is 1. The number of benzene rings is 1. The van der Waals surface area contributed by atoms with Crippen LogP contribution in [0.15, 0.2) is 18.2 Å². The quantitative estimate of drug-likeness (QED) is 0.777. The fraction of sp³-hybridized carbons (Fsp3) is 0.625. The summed E-state index contributed by atoms with van der Waals surface area (Å²) in [4.78, 5) is 2.12. The van der Waals surface area contributed by atoms with Gasteiger partial charge in [0.05, 0.1) is 5.69 Å². The molecule has 0 saturated carbocycles. The molecular weight excluding hydrogens is 239 g/mol. The van der Waals surface area contributed by atoms with Crippen LogP contribution in [0, 0.1) is 5.82 Å². The molecule has 0 radical (unpaired) electrons. The van der Waals surface area contributed by atoms with Crippen molar-refractivity contribution >= 4 is 5.69 Å². The minimum absolute atomic E-state index is 0.118. The van der Waals surface area contributed by atoms with Gasteiger partial charge in [0.15, 0.2) is 0 Å². The van der Waals surface area contributed by atoms with Gasteiger partial charge in [-0.25, -0.2) is 4.39 Å². The Labute approximate surface area is 116 Å². The summed E-state index contributed by atoms with van der Waals surface area (Å²) in [5, 5.41) is 0. The van der Waals surface area contributed by atoms with Gasteiger partial charge in [-0.2, -0.15) is 0 Å². The van der Waals surface area contributed by atoms with E-state index >= 15 is 0 Å². The van der Waals surface area contributed by atoms with Gasteiger partial charge in [-0.15, -0.1) is 0 Å². The van der Waals surface area contributed by atoms with Gasteiger partial charge in [-0.1, -0.05) is 26.8 Å². The standard InChI is InChI=1S/C16H27FN2/c1-4-9-19(10-5-2)16-8-7-13(12-15(16)17)11-14(18)6-3/h7-8,12,14H,4-6,9-11,18H2,1-3H3.